The summed E-state index contributed by atoms with van der Waals surface area (Å²) in [6.45, 7) is 5.90. The molecule has 1 saturated carbocycles. The van der Waals surface area contributed by atoms with Crippen molar-refractivity contribution in [2.45, 2.75) is 70.5 Å². The highest BCUT2D eigenvalue weighted by Crippen LogP contribution is 2.44. The van der Waals surface area contributed by atoms with Gasteiger partial charge in [-0.2, -0.15) is 0 Å². The van der Waals surface area contributed by atoms with Crippen molar-refractivity contribution in [3.63, 3.8) is 0 Å². The van der Waals surface area contributed by atoms with Gasteiger partial charge in [0.05, 0.1) is 6.26 Å². The van der Waals surface area contributed by atoms with Crippen molar-refractivity contribution in [1.29, 1.82) is 0 Å². The van der Waals surface area contributed by atoms with Gasteiger partial charge in [-0.25, -0.2) is 0 Å². The van der Waals surface area contributed by atoms with Crippen LogP contribution in [0.3, 0.4) is 0 Å². The zero-order valence-electron chi connectivity index (χ0n) is 16.1. The van der Waals surface area contributed by atoms with Gasteiger partial charge in [-0.15, -0.1) is 11.3 Å². The lowest BCUT2D eigenvalue weighted by Gasteiger charge is -2.39. The Bertz CT molecular complexity index is 855. The third-order valence-electron chi connectivity index (χ3n) is 5.32. The zero-order chi connectivity index (χ0) is 19.2. The maximum Gasteiger partial charge on any atom is 0.291 e. The number of hydrogen-bond acceptors (Lipinski definition) is 4. The van der Waals surface area contributed by atoms with E-state index in [2.05, 4.69) is 5.32 Å². The van der Waals surface area contributed by atoms with Crippen LogP contribution in [0.5, 0.6) is 0 Å². The molecule has 2 aromatic rings. The SMILES string of the molecule is CC(C)(C)NC(=O)C1c2sccc2-c2ccoc2C(=O)N1C1CCCCC1. The molecule has 2 amide bonds. The van der Waals surface area contributed by atoms with Gasteiger partial charge in [-0.1, -0.05) is 19.3 Å². The Hall–Kier alpha value is -2.08. The second kappa shape index (κ2) is 6.82. The molecule has 0 aromatic carbocycles. The fourth-order valence-electron chi connectivity index (χ4n) is 4.22. The average Bonchev–Trinajstić information content (AvgIpc) is 3.25. The average molecular weight is 387 g/mol. The molecule has 1 atom stereocenters. The number of rotatable bonds is 2. The predicted octanol–water partition coefficient (Wildman–Crippen LogP) is 4.75. The van der Waals surface area contributed by atoms with Crippen LogP contribution in [-0.4, -0.2) is 28.3 Å². The summed E-state index contributed by atoms with van der Waals surface area (Å²) in [6.07, 6.45) is 6.80. The first kappa shape index (κ1) is 18.3. The number of thiophene rings is 1. The minimum absolute atomic E-state index is 0.0629. The fourth-order valence-corrected chi connectivity index (χ4v) is 5.23. The van der Waals surface area contributed by atoms with Crippen molar-refractivity contribution in [3.05, 3.63) is 34.4 Å². The highest BCUT2D eigenvalue weighted by Gasteiger charge is 2.44. The lowest BCUT2D eigenvalue weighted by molar-refractivity contribution is -0.128. The van der Waals surface area contributed by atoms with Crippen molar-refractivity contribution in [2.24, 2.45) is 0 Å². The number of nitrogens with one attached hydrogen (secondary N) is 1. The molecule has 2 aliphatic rings. The molecule has 6 heteroatoms. The van der Waals surface area contributed by atoms with E-state index in [1.165, 1.54) is 6.42 Å². The maximum atomic E-state index is 13.5. The maximum absolute atomic E-state index is 13.5. The molecule has 3 heterocycles. The smallest absolute Gasteiger partial charge is 0.291 e. The molecular formula is C21H26N2O3S. The van der Waals surface area contributed by atoms with Crippen molar-refractivity contribution in [2.75, 3.05) is 0 Å². The summed E-state index contributed by atoms with van der Waals surface area (Å²) in [7, 11) is 0. The molecule has 1 fully saturated rings. The van der Waals surface area contributed by atoms with Crippen LogP contribution < -0.4 is 5.32 Å². The largest absolute Gasteiger partial charge is 0.459 e. The Morgan fingerprint density at radius 1 is 1.19 bits per heavy atom. The van der Waals surface area contributed by atoms with E-state index in [9.17, 15) is 9.59 Å². The molecule has 27 heavy (non-hydrogen) atoms. The number of hydrogen-bond donors (Lipinski definition) is 1. The molecule has 0 spiro atoms. The number of furan rings is 1. The van der Waals surface area contributed by atoms with Gasteiger partial charge in [0.15, 0.2) is 5.76 Å². The van der Waals surface area contributed by atoms with E-state index in [4.69, 9.17) is 4.42 Å². The lowest BCUT2D eigenvalue weighted by Crippen LogP contribution is -2.52. The highest BCUT2D eigenvalue weighted by atomic mass is 32.1. The monoisotopic (exact) mass is 386 g/mol. The lowest BCUT2D eigenvalue weighted by atomic mass is 9.92. The Labute approximate surface area is 163 Å². The van der Waals surface area contributed by atoms with E-state index in [0.717, 1.165) is 41.7 Å². The van der Waals surface area contributed by atoms with Crippen LogP contribution in [0.15, 0.2) is 28.2 Å². The van der Waals surface area contributed by atoms with Crippen molar-refractivity contribution < 1.29 is 14.0 Å². The Morgan fingerprint density at radius 3 is 2.63 bits per heavy atom. The normalized spacial score (nSPS) is 20.8. The summed E-state index contributed by atoms with van der Waals surface area (Å²) < 4.78 is 5.61. The second-order valence-electron chi connectivity index (χ2n) is 8.51. The van der Waals surface area contributed by atoms with Crippen molar-refractivity contribution in [3.8, 4) is 11.1 Å². The van der Waals surface area contributed by atoms with Gasteiger partial charge in [0.25, 0.3) is 5.91 Å². The number of fused-ring (bicyclic) bond motifs is 3. The minimum atomic E-state index is -0.613. The molecule has 1 aliphatic carbocycles. The van der Waals surface area contributed by atoms with Gasteiger partial charge in [0.2, 0.25) is 5.91 Å². The van der Waals surface area contributed by atoms with Gasteiger partial charge in [0.1, 0.15) is 6.04 Å². The number of carbonyl (C=O) groups is 2. The molecule has 1 N–H and O–H groups in total. The van der Waals surface area contributed by atoms with Crippen LogP contribution in [0.1, 0.15) is 74.3 Å². The summed E-state index contributed by atoms with van der Waals surface area (Å²) in [5, 5.41) is 5.09. The summed E-state index contributed by atoms with van der Waals surface area (Å²) in [5.74, 6) is 0.0703. The van der Waals surface area contributed by atoms with Crippen LogP contribution in [0.4, 0.5) is 0 Å². The van der Waals surface area contributed by atoms with Gasteiger partial charge in [-0.3, -0.25) is 9.59 Å². The minimum Gasteiger partial charge on any atom is -0.459 e. The zero-order valence-corrected chi connectivity index (χ0v) is 16.9. The molecule has 0 saturated heterocycles. The molecule has 2 aromatic heterocycles. The molecule has 144 valence electrons. The summed E-state index contributed by atoms with van der Waals surface area (Å²) >= 11 is 1.54. The Kier molecular flexibility index (Phi) is 4.62. The Balaban J connectivity index is 1.85. The van der Waals surface area contributed by atoms with Crippen LogP contribution in [0, 0.1) is 0 Å². The van der Waals surface area contributed by atoms with Crippen molar-refractivity contribution in [1.82, 2.24) is 10.2 Å². The van der Waals surface area contributed by atoms with E-state index >= 15 is 0 Å². The van der Waals surface area contributed by atoms with Crippen LogP contribution in [0.25, 0.3) is 11.1 Å². The van der Waals surface area contributed by atoms with Crippen molar-refractivity contribution >= 4 is 23.2 Å². The van der Waals surface area contributed by atoms with Gasteiger partial charge in [-0.05, 0) is 51.1 Å². The molecule has 4 rings (SSSR count). The highest BCUT2D eigenvalue weighted by molar-refractivity contribution is 7.10. The molecule has 0 radical (unpaired) electrons. The van der Waals surface area contributed by atoms with E-state index < -0.39 is 6.04 Å². The van der Waals surface area contributed by atoms with Crippen LogP contribution >= 0.6 is 11.3 Å². The number of carbonyl (C=O) groups excluding carboxylic acids is 2. The van der Waals surface area contributed by atoms with Gasteiger partial charge < -0.3 is 14.6 Å². The molecule has 1 aliphatic heterocycles. The van der Waals surface area contributed by atoms with E-state index in [-0.39, 0.29) is 23.4 Å². The summed E-state index contributed by atoms with van der Waals surface area (Å²) in [6, 6.07) is 3.27. The third kappa shape index (κ3) is 3.31. The number of nitrogens with zero attached hydrogens (tertiary/aromatic N) is 1. The van der Waals surface area contributed by atoms with E-state index in [0.29, 0.717) is 5.76 Å². The second-order valence-corrected chi connectivity index (χ2v) is 9.46. The Morgan fingerprint density at radius 2 is 1.93 bits per heavy atom. The standard InChI is InChI=1S/C21H26N2O3S/c1-21(2,3)22-19(24)16-18-15(10-12-27-18)14-9-11-26-17(14)20(25)23(16)13-7-5-4-6-8-13/h9-13,16H,4-8H2,1-3H3,(H,22,24). The quantitative estimate of drug-likeness (QED) is 0.810. The van der Waals surface area contributed by atoms with E-state index in [1.54, 1.807) is 17.6 Å². The van der Waals surface area contributed by atoms with E-state index in [1.807, 2.05) is 43.2 Å². The predicted molar refractivity (Wildman–Crippen MR) is 106 cm³/mol. The first-order chi connectivity index (χ1) is 12.9. The van der Waals surface area contributed by atoms with Gasteiger partial charge in [0, 0.05) is 27.6 Å². The molecule has 0 bridgehead atoms. The summed E-state index contributed by atoms with van der Waals surface area (Å²) in [4.78, 5) is 29.6. The van der Waals surface area contributed by atoms with Gasteiger partial charge >= 0.3 is 0 Å². The first-order valence-corrected chi connectivity index (χ1v) is 10.5. The summed E-state index contributed by atoms with van der Waals surface area (Å²) in [5.41, 5.74) is 1.36. The third-order valence-corrected chi connectivity index (χ3v) is 6.29. The molecule has 5 nitrogen and oxygen atoms in total. The fraction of sp³-hybridized carbons (Fsp3) is 0.524. The number of amides is 2. The topological polar surface area (TPSA) is 62.6 Å². The van der Waals surface area contributed by atoms with Crippen LogP contribution in [-0.2, 0) is 4.79 Å². The molecular weight excluding hydrogens is 360 g/mol. The first-order valence-electron chi connectivity index (χ1n) is 9.67. The van der Waals surface area contributed by atoms with Crippen LogP contribution in [0.2, 0.25) is 0 Å². The molecule has 1 unspecified atom stereocenters.